The molecule has 2 heterocycles. The molecule has 0 aliphatic rings. The fourth-order valence-electron chi connectivity index (χ4n) is 1.36. The minimum absolute atomic E-state index is 0. The van der Waals surface area contributed by atoms with Crippen molar-refractivity contribution >= 4 is 44.8 Å². The van der Waals surface area contributed by atoms with Gasteiger partial charge in [-0.25, -0.2) is 9.50 Å². The van der Waals surface area contributed by atoms with E-state index in [4.69, 9.17) is 4.74 Å². The van der Waals surface area contributed by atoms with E-state index in [1.54, 1.807) is 10.7 Å². The quantitative estimate of drug-likeness (QED) is 0.605. The number of fused-ring (bicyclic) bond motifs is 1. The summed E-state index contributed by atoms with van der Waals surface area (Å²) in [5, 5.41) is 4.18. The van der Waals surface area contributed by atoms with Gasteiger partial charge >= 0.3 is 0 Å². The monoisotopic (exact) mass is 349 g/mol. The number of ether oxygens (including phenoxy) is 1. The van der Waals surface area contributed by atoms with Gasteiger partial charge in [0, 0.05) is 22.6 Å². The molecule has 2 radical (unpaired) electrons. The summed E-state index contributed by atoms with van der Waals surface area (Å²) in [6.45, 7) is 1.90. The molecule has 0 aromatic carbocycles. The number of hydrogen-bond donors (Lipinski definition) is 0. The van der Waals surface area contributed by atoms with Crippen LogP contribution in [0.5, 0.6) is 5.88 Å². The van der Waals surface area contributed by atoms with E-state index >= 15 is 0 Å². The van der Waals surface area contributed by atoms with Crippen molar-refractivity contribution in [3.8, 4) is 5.88 Å². The average Bonchev–Trinajstić information content (AvgIpc) is 2.53. The summed E-state index contributed by atoms with van der Waals surface area (Å²) >= 11 is 3.31. The standard InChI is InChI=1S/C9H8BrN3O2.Se/c1-5-7-9(15-2)11-6(4-14)3-13(7)12-8(5)10;/h3-4H,1-2H3;. The van der Waals surface area contributed by atoms with Crippen molar-refractivity contribution in [2.75, 3.05) is 7.11 Å². The molecule has 2 aromatic rings. The Balaban J connectivity index is 0.00000128. The molecule has 0 saturated heterocycles. The Morgan fingerprint density at radius 1 is 1.56 bits per heavy atom. The summed E-state index contributed by atoms with van der Waals surface area (Å²) in [5.41, 5.74) is 1.97. The number of aromatic nitrogens is 3. The molecule has 0 saturated carbocycles. The number of methoxy groups -OCH3 is 1. The first kappa shape index (κ1) is 13.2. The first-order chi connectivity index (χ1) is 7.17. The van der Waals surface area contributed by atoms with Crippen molar-refractivity contribution in [1.29, 1.82) is 0 Å². The molecule has 0 fully saturated rings. The van der Waals surface area contributed by atoms with E-state index in [2.05, 4.69) is 26.0 Å². The Morgan fingerprint density at radius 2 is 2.25 bits per heavy atom. The van der Waals surface area contributed by atoms with Crippen LogP contribution in [-0.4, -0.2) is 45.1 Å². The zero-order valence-electron chi connectivity index (χ0n) is 8.60. The van der Waals surface area contributed by atoms with Gasteiger partial charge in [-0.1, -0.05) is 0 Å². The van der Waals surface area contributed by atoms with Crippen LogP contribution in [-0.2, 0) is 0 Å². The summed E-state index contributed by atoms with van der Waals surface area (Å²) in [7, 11) is 1.51. The number of nitrogens with zero attached hydrogens (tertiary/aromatic N) is 3. The largest absolute Gasteiger partial charge is 0.479 e. The van der Waals surface area contributed by atoms with E-state index < -0.39 is 0 Å². The zero-order chi connectivity index (χ0) is 11.0. The van der Waals surface area contributed by atoms with Gasteiger partial charge in [0.15, 0.2) is 6.29 Å². The van der Waals surface area contributed by atoms with Crippen LogP contribution in [0.15, 0.2) is 10.8 Å². The molecule has 84 valence electrons. The van der Waals surface area contributed by atoms with Crippen LogP contribution < -0.4 is 4.74 Å². The van der Waals surface area contributed by atoms with Gasteiger partial charge < -0.3 is 4.74 Å². The molecule has 0 unspecified atom stereocenters. The van der Waals surface area contributed by atoms with E-state index in [9.17, 15) is 4.79 Å². The van der Waals surface area contributed by atoms with Gasteiger partial charge in [-0.05, 0) is 22.9 Å². The number of rotatable bonds is 2. The predicted molar refractivity (Wildman–Crippen MR) is 63.1 cm³/mol. The second-order valence-electron chi connectivity index (χ2n) is 3.00. The number of aldehydes is 1. The van der Waals surface area contributed by atoms with Gasteiger partial charge in [-0.2, -0.15) is 5.10 Å². The SMILES string of the molecule is COc1nc(C=O)cn2nc(Br)c(C)c12.[Se]. The van der Waals surface area contributed by atoms with Crippen LogP contribution in [0.3, 0.4) is 0 Å². The van der Waals surface area contributed by atoms with Gasteiger partial charge in [-0.3, -0.25) is 4.79 Å². The third-order valence-electron chi connectivity index (χ3n) is 2.09. The maximum atomic E-state index is 10.6. The van der Waals surface area contributed by atoms with Crippen molar-refractivity contribution in [1.82, 2.24) is 14.6 Å². The fraction of sp³-hybridized carbons (Fsp3) is 0.222. The minimum atomic E-state index is 0. The van der Waals surface area contributed by atoms with Crippen LogP contribution in [0.2, 0.25) is 0 Å². The predicted octanol–water partition coefficient (Wildman–Crippen LogP) is 1.24. The van der Waals surface area contributed by atoms with E-state index in [-0.39, 0.29) is 22.8 Å². The first-order valence-electron chi connectivity index (χ1n) is 4.22. The second-order valence-corrected chi connectivity index (χ2v) is 3.75. The molecule has 0 N–H and O–H groups in total. The minimum Gasteiger partial charge on any atom is -0.479 e. The average molecular weight is 349 g/mol. The van der Waals surface area contributed by atoms with Crippen molar-refractivity contribution < 1.29 is 9.53 Å². The maximum absolute atomic E-state index is 10.6. The molecule has 2 aromatic heterocycles. The fourth-order valence-corrected chi connectivity index (χ4v) is 1.72. The number of carbonyl (C=O) groups is 1. The van der Waals surface area contributed by atoms with E-state index in [1.165, 1.54) is 7.11 Å². The number of hydrogen-bond acceptors (Lipinski definition) is 4. The molecule has 2 rings (SSSR count). The third-order valence-corrected chi connectivity index (χ3v) is 2.84. The van der Waals surface area contributed by atoms with Crippen LogP contribution in [0.4, 0.5) is 0 Å². The maximum Gasteiger partial charge on any atom is 0.240 e. The van der Waals surface area contributed by atoms with Crippen LogP contribution in [0, 0.1) is 6.92 Å². The van der Waals surface area contributed by atoms with E-state index in [1.807, 2.05) is 6.92 Å². The molecule has 0 spiro atoms. The van der Waals surface area contributed by atoms with Gasteiger partial charge in [-0.15, -0.1) is 0 Å². The number of aryl methyl sites for hydroxylation is 1. The molecule has 0 aliphatic heterocycles. The van der Waals surface area contributed by atoms with Gasteiger partial charge in [0.05, 0.1) is 13.3 Å². The molecule has 0 bridgehead atoms. The first-order valence-corrected chi connectivity index (χ1v) is 5.01. The molecule has 7 heteroatoms. The normalized spacial score (nSPS) is 9.94. The van der Waals surface area contributed by atoms with Gasteiger partial charge in [0.25, 0.3) is 0 Å². The number of carbonyl (C=O) groups excluding carboxylic acids is 1. The van der Waals surface area contributed by atoms with Crippen molar-refractivity contribution in [2.24, 2.45) is 0 Å². The van der Waals surface area contributed by atoms with Crippen LogP contribution >= 0.6 is 15.9 Å². The Labute approximate surface area is 111 Å². The van der Waals surface area contributed by atoms with Crippen molar-refractivity contribution in [3.63, 3.8) is 0 Å². The number of halogens is 1. The summed E-state index contributed by atoms with van der Waals surface area (Å²) in [4.78, 5) is 14.7. The van der Waals surface area contributed by atoms with E-state index in [0.29, 0.717) is 16.8 Å². The second kappa shape index (κ2) is 4.95. The smallest absolute Gasteiger partial charge is 0.240 e. The van der Waals surface area contributed by atoms with Crippen molar-refractivity contribution in [3.05, 3.63) is 22.1 Å². The van der Waals surface area contributed by atoms with Gasteiger partial charge in [0.2, 0.25) is 5.88 Å². The van der Waals surface area contributed by atoms with Crippen LogP contribution in [0.25, 0.3) is 5.52 Å². The Bertz CT molecular complexity index is 541. The zero-order valence-corrected chi connectivity index (χ0v) is 11.9. The molecule has 0 aliphatic carbocycles. The summed E-state index contributed by atoms with van der Waals surface area (Å²) < 4.78 is 7.40. The molecular formula is C9H8BrN3O2Se. The summed E-state index contributed by atoms with van der Waals surface area (Å²) in [6, 6.07) is 0. The van der Waals surface area contributed by atoms with Gasteiger partial charge in [0.1, 0.15) is 15.8 Å². The third kappa shape index (κ3) is 1.98. The molecular weight excluding hydrogens is 341 g/mol. The topological polar surface area (TPSA) is 56.5 Å². The molecule has 5 nitrogen and oxygen atoms in total. The summed E-state index contributed by atoms with van der Waals surface area (Å²) in [5.74, 6) is 0.398. The Morgan fingerprint density at radius 3 is 2.81 bits per heavy atom. The molecule has 0 amide bonds. The summed E-state index contributed by atoms with van der Waals surface area (Å²) in [6.07, 6.45) is 2.22. The molecule has 16 heavy (non-hydrogen) atoms. The Hall–Kier alpha value is -0.911. The van der Waals surface area contributed by atoms with E-state index in [0.717, 1.165) is 11.1 Å². The Kier molecular flexibility index (Phi) is 4.07. The molecule has 0 atom stereocenters. The van der Waals surface area contributed by atoms with Crippen LogP contribution in [0.1, 0.15) is 16.1 Å². The van der Waals surface area contributed by atoms with Crippen molar-refractivity contribution in [2.45, 2.75) is 6.92 Å².